The first-order valence-corrected chi connectivity index (χ1v) is 6.94. The molecule has 4 heteroatoms. The average Bonchev–Trinajstić information content (AvgIpc) is 2.48. The van der Waals surface area contributed by atoms with E-state index in [4.69, 9.17) is 0 Å². The summed E-state index contributed by atoms with van der Waals surface area (Å²) in [7, 11) is 3.66. The molecule has 0 aliphatic rings. The summed E-state index contributed by atoms with van der Waals surface area (Å²) in [6, 6.07) is 11.0. The van der Waals surface area contributed by atoms with Gasteiger partial charge in [-0.15, -0.1) is 0 Å². The molecule has 1 aromatic rings. The Kier molecular flexibility index (Phi) is 6.97. The minimum absolute atomic E-state index is 0.362. The average molecular weight is 262 g/mol. The number of likely N-dealkylation sites (N-methyl/N-ethyl adjacent to an activating group) is 1. The van der Waals surface area contributed by atoms with Gasteiger partial charge in [0.15, 0.2) is 5.96 Å². The molecule has 0 saturated heterocycles. The molecule has 4 nitrogen and oxygen atoms in total. The summed E-state index contributed by atoms with van der Waals surface area (Å²) in [6.07, 6.45) is 0. The molecule has 106 valence electrons. The highest BCUT2D eigenvalue weighted by Crippen LogP contribution is 2.19. The third kappa shape index (κ3) is 4.56. The second-order valence-electron chi connectivity index (χ2n) is 4.35. The van der Waals surface area contributed by atoms with E-state index in [0.29, 0.717) is 6.04 Å². The van der Waals surface area contributed by atoms with Gasteiger partial charge in [-0.1, -0.05) is 44.2 Å². The van der Waals surface area contributed by atoms with Crippen LogP contribution in [-0.2, 0) is 0 Å². The number of rotatable bonds is 6. The van der Waals surface area contributed by atoms with Gasteiger partial charge in [0.05, 0.1) is 6.04 Å². The quantitative estimate of drug-likeness (QED) is 0.607. The zero-order chi connectivity index (χ0) is 14.1. The van der Waals surface area contributed by atoms with Crippen LogP contribution in [0.5, 0.6) is 0 Å². The minimum Gasteiger partial charge on any atom is -0.359 e. The zero-order valence-corrected chi connectivity index (χ0v) is 12.5. The van der Waals surface area contributed by atoms with Gasteiger partial charge in [-0.3, -0.25) is 9.89 Å². The van der Waals surface area contributed by atoms with Crippen LogP contribution in [0.4, 0.5) is 0 Å². The van der Waals surface area contributed by atoms with Gasteiger partial charge in [-0.25, -0.2) is 0 Å². The van der Waals surface area contributed by atoms with Crippen LogP contribution in [-0.4, -0.2) is 44.6 Å². The van der Waals surface area contributed by atoms with Crippen LogP contribution in [0.3, 0.4) is 0 Å². The highest BCUT2D eigenvalue weighted by atomic mass is 15.2. The molecular formula is C15H26N4. The maximum absolute atomic E-state index is 4.16. The van der Waals surface area contributed by atoms with Crippen molar-refractivity contribution in [3.05, 3.63) is 35.9 Å². The molecule has 0 aliphatic heterocycles. The summed E-state index contributed by atoms with van der Waals surface area (Å²) >= 11 is 0. The van der Waals surface area contributed by atoms with Crippen molar-refractivity contribution in [2.45, 2.75) is 19.9 Å². The third-order valence-corrected chi connectivity index (χ3v) is 3.36. The Balaban J connectivity index is 2.81. The number of benzene rings is 1. The molecule has 0 aromatic heterocycles. The van der Waals surface area contributed by atoms with E-state index in [9.17, 15) is 0 Å². The lowest BCUT2D eigenvalue weighted by Gasteiger charge is -2.30. The molecule has 1 unspecified atom stereocenters. The van der Waals surface area contributed by atoms with E-state index in [2.05, 4.69) is 64.7 Å². The second-order valence-corrected chi connectivity index (χ2v) is 4.35. The molecule has 0 bridgehead atoms. The zero-order valence-electron chi connectivity index (χ0n) is 12.5. The number of nitrogens with one attached hydrogen (secondary N) is 2. The Bertz CT molecular complexity index is 371. The van der Waals surface area contributed by atoms with E-state index in [1.165, 1.54) is 5.56 Å². The first kappa shape index (κ1) is 15.5. The van der Waals surface area contributed by atoms with E-state index in [-0.39, 0.29) is 0 Å². The first-order valence-electron chi connectivity index (χ1n) is 6.94. The van der Waals surface area contributed by atoms with Crippen molar-refractivity contribution in [2.75, 3.05) is 33.7 Å². The summed E-state index contributed by atoms with van der Waals surface area (Å²) in [5.74, 6) is 0.827. The van der Waals surface area contributed by atoms with Gasteiger partial charge >= 0.3 is 0 Å². The fourth-order valence-electron chi connectivity index (χ4n) is 2.27. The highest BCUT2D eigenvalue weighted by molar-refractivity contribution is 5.79. The van der Waals surface area contributed by atoms with Crippen LogP contribution >= 0.6 is 0 Å². The normalized spacial score (nSPS) is 13.4. The van der Waals surface area contributed by atoms with Crippen molar-refractivity contribution in [3.8, 4) is 0 Å². The van der Waals surface area contributed by atoms with Crippen LogP contribution in [0.25, 0.3) is 0 Å². The van der Waals surface area contributed by atoms with Crippen molar-refractivity contribution in [2.24, 2.45) is 4.99 Å². The SMILES string of the molecule is CCN(CC)C(CNC(=NC)NC)c1ccccc1. The van der Waals surface area contributed by atoms with Gasteiger partial charge in [0.1, 0.15) is 0 Å². The maximum Gasteiger partial charge on any atom is 0.190 e. The Morgan fingerprint density at radius 1 is 1.21 bits per heavy atom. The number of nitrogens with zero attached hydrogens (tertiary/aromatic N) is 2. The molecule has 1 atom stereocenters. The molecule has 0 spiro atoms. The third-order valence-electron chi connectivity index (χ3n) is 3.36. The summed E-state index contributed by atoms with van der Waals surface area (Å²) in [4.78, 5) is 6.61. The molecule has 2 N–H and O–H groups in total. The molecule has 1 rings (SSSR count). The van der Waals surface area contributed by atoms with E-state index < -0.39 is 0 Å². The standard InChI is InChI=1S/C15H26N4/c1-5-19(6-2)14(12-18-15(16-3)17-4)13-10-8-7-9-11-13/h7-11,14H,5-6,12H2,1-4H3,(H2,16,17,18). The predicted molar refractivity (Wildman–Crippen MR) is 82.5 cm³/mol. The number of aliphatic imine (C=N–C) groups is 1. The second kappa shape index (κ2) is 8.53. The topological polar surface area (TPSA) is 39.7 Å². The molecule has 0 amide bonds. The van der Waals surface area contributed by atoms with E-state index >= 15 is 0 Å². The largest absolute Gasteiger partial charge is 0.359 e. The van der Waals surface area contributed by atoms with E-state index in [1.54, 1.807) is 7.05 Å². The lowest BCUT2D eigenvalue weighted by molar-refractivity contribution is 0.219. The van der Waals surface area contributed by atoms with Crippen LogP contribution in [0.2, 0.25) is 0 Å². The van der Waals surface area contributed by atoms with Crippen molar-refractivity contribution < 1.29 is 0 Å². The summed E-state index contributed by atoms with van der Waals surface area (Å²) < 4.78 is 0. The minimum atomic E-state index is 0.362. The molecule has 0 fully saturated rings. The van der Waals surface area contributed by atoms with Crippen LogP contribution in [0, 0.1) is 0 Å². The summed E-state index contributed by atoms with van der Waals surface area (Å²) in [5.41, 5.74) is 1.34. The monoisotopic (exact) mass is 262 g/mol. The highest BCUT2D eigenvalue weighted by Gasteiger charge is 2.17. The fourth-order valence-corrected chi connectivity index (χ4v) is 2.27. The number of hydrogen-bond donors (Lipinski definition) is 2. The smallest absolute Gasteiger partial charge is 0.190 e. The Morgan fingerprint density at radius 2 is 1.84 bits per heavy atom. The van der Waals surface area contributed by atoms with Crippen molar-refractivity contribution >= 4 is 5.96 Å². The molecule has 0 radical (unpaired) electrons. The maximum atomic E-state index is 4.16. The van der Waals surface area contributed by atoms with Crippen LogP contribution in [0.15, 0.2) is 35.3 Å². The predicted octanol–water partition coefficient (Wildman–Crippen LogP) is 1.86. The Labute approximate surface area is 116 Å². The molecule has 0 aliphatic carbocycles. The molecule has 0 heterocycles. The Morgan fingerprint density at radius 3 is 2.32 bits per heavy atom. The molecule has 19 heavy (non-hydrogen) atoms. The van der Waals surface area contributed by atoms with Crippen LogP contribution < -0.4 is 10.6 Å². The van der Waals surface area contributed by atoms with Gasteiger partial charge in [-0.05, 0) is 18.7 Å². The molecule has 0 saturated carbocycles. The van der Waals surface area contributed by atoms with E-state index in [1.807, 2.05) is 7.05 Å². The van der Waals surface area contributed by atoms with Crippen LogP contribution in [0.1, 0.15) is 25.5 Å². The Hall–Kier alpha value is -1.55. The molecular weight excluding hydrogens is 236 g/mol. The lowest BCUT2D eigenvalue weighted by atomic mass is 10.1. The van der Waals surface area contributed by atoms with Crippen molar-refractivity contribution in [1.29, 1.82) is 0 Å². The first-order chi connectivity index (χ1) is 9.26. The van der Waals surface area contributed by atoms with Gasteiger partial charge < -0.3 is 10.6 Å². The number of hydrogen-bond acceptors (Lipinski definition) is 2. The number of guanidine groups is 1. The summed E-state index contributed by atoms with van der Waals surface area (Å²) in [5, 5.41) is 6.42. The lowest BCUT2D eigenvalue weighted by Crippen LogP contribution is -2.42. The fraction of sp³-hybridized carbons (Fsp3) is 0.533. The van der Waals surface area contributed by atoms with Gasteiger partial charge in [0, 0.05) is 20.6 Å². The van der Waals surface area contributed by atoms with Crippen molar-refractivity contribution in [3.63, 3.8) is 0 Å². The van der Waals surface area contributed by atoms with Gasteiger partial charge in [0.25, 0.3) is 0 Å². The van der Waals surface area contributed by atoms with Crippen molar-refractivity contribution in [1.82, 2.24) is 15.5 Å². The van der Waals surface area contributed by atoms with Gasteiger partial charge in [-0.2, -0.15) is 0 Å². The van der Waals surface area contributed by atoms with E-state index in [0.717, 1.165) is 25.6 Å². The van der Waals surface area contributed by atoms with Gasteiger partial charge in [0.2, 0.25) is 0 Å². The summed E-state index contributed by atoms with van der Waals surface area (Å²) in [6.45, 7) is 7.32. The molecule has 1 aromatic carbocycles.